The number of aliphatic hydroxyl groups is 1. The van der Waals surface area contributed by atoms with Crippen molar-refractivity contribution in [1.82, 2.24) is 4.72 Å². The number of aliphatic hydroxyl groups excluding tert-OH is 1. The first-order valence-corrected chi connectivity index (χ1v) is 8.95. The minimum absolute atomic E-state index is 0.0241. The zero-order valence-electron chi connectivity index (χ0n) is 12.1. The molecular weight excluding hydrogens is 312 g/mol. The third-order valence-electron chi connectivity index (χ3n) is 3.23. The number of halogens is 1. The van der Waals surface area contributed by atoms with E-state index in [1.165, 1.54) is 0 Å². The average Bonchev–Trinajstić information content (AvgIpc) is 2.46. The Balaban J connectivity index is 2.82. The number of aryl methyl sites for hydroxylation is 1. The Hall–Kier alpha value is -0.660. The molecule has 2 atom stereocenters. The highest BCUT2D eigenvalue weighted by Crippen LogP contribution is 2.14. The lowest BCUT2D eigenvalue weighted by Gasteiger charge is -2.22. The fourth-order valence-electron chi connectivity index (χ4n) is 1.93. The number of rotatable bonds is 9. The highest BCUT2D eigenvalue weighted by atomic mass is 35.5. The van der Waals surface area contributed by atoms with E-state index in [1.807, 2.05) is 6.92 Å². The van der Waals surface area contributed by atoms with Gasteiger partial charge in [0.1, 0.15) is 0 Å². The highest BCUT2D eigenvalue weighted by Gasteiger charge is 2.25. The Morgan fingerprint density at radius 2 is 1.90 bits per heavy atom. The average molecular weight is 335 g/mol. The Labute approximate surface area is 131 Å². The van der Waals surface area contributed by atoms with Gasteiger partial charge < -0.3 is 10.8 Å². The second-order valence-corrected chi connectivity index (χ2v) is 7.07. The van der Waals surface area contributed by atoms with Gasteiger partial charge in [0.15, 0.2) is 0 Å². The van der Waals surface area contributed by atoms with E-state index in [-0.39, 0.29) is 10.8 Å². The van der Waals surface area contributed by atoms with Crippen LogP contribution in [0.3, 0.4) is 0 Å². The van der Waals surface area contributed by atoms with Crippen LogP contribution in [0.4, 0.5) is 0 Å². The molecule has 0 bridgehead atoms. The zero-order chi connectivity index (χ0) is 15.9. The lowest BCUT2D eigenvalue weighted by molar-refractivity contribution is 0.153. The van der Waals surface area contributed by atoms with E-state index in [1.54, 1.807) is 24.3 Å². The van der Waals surface area contributed by atoms with Gasteiger partial charge in [-0.05, 0) is 38.4 Å². The molecule has 0 unspecified atom stereocenters. The van der Waals surface area contributed by atoms with Gasteiger partial charge in [-0.1, -0.05) is 24.1 Å². The van der Waals surface area contributed by atoms with Gasteiger partial charge in [-0.2, -0.15) is 0 Å². The zero-order valence-corrected chi connectivity index (χ0v) is 13.7. The molecule has 4 N–H and O–H groups in total. The molecule has 120 valence electrons. The standard InChI is InChI=1S/C14H23ClN2O3S/c1-11-5-7-12(8-6-11)21(19,20)17-13(14(18)10-15)4-2-3-9-16/h5-8,13-14,17-18H,2-4,9-10,16H2,1H3/t13-,14+/m0/s1. The summed E-state index contributed by atoms with van der Waals surface area (Å²) >= 11 is 5.65. The Morgan fingerprint density at radius 3 is 2.43 bits per heavy atom. The molecule has 5 nitrogen and oxygen atoms in total. The van der Waals surface area contributed by atoms with Gasteiger partial charge in [0.2, 0.25) is 10.0 Å². The largest absolute Gasteiger partial charge is 0.390 e. The van der Waals surface area contributed by atoms with Crippen molar-refractivity contribution in [2.24, 2.45) is 5.73 Å². The van der Waals surface area contributed by atoms with E-state index in [2.05, 4.69) is 4.72 Å². The summed E-state index contributed by atoms with van der Waals surface area (Å²) in [5.74, 6) is -0.0241. The molecule has 0 fully saturated rings. The number of nitrogens with two attached hydrogens (primary N) is 1. The Morgan fingerprint density at radius 1 is 1.29 bits per heavy atom. The van der Waals surface area contributed by atoms with Crippen molar-refractivity contribution >= 4 is 21.6 Å². The normalized spacial score (nSPS) is 14.9. The van der Waals surface area contributed by atoms with Crippen molar-refractivity contribution in [2.45, 2.75) is 43.2 Å². The second-order valence-electron chi connectivity index (χ2n) is 5.05. The minimum atomic E-state index is -3.67. The summed E-state index contributed by atoms with van der Waals surface area (Å²) in [6.07, 6.45) is 1.07. The van der Waals surface area contributed by atoms with Crippen LogP contribution in [0.15, 0.2) is 29.2 Å². The molecular formula is C14H23ClN2O3S. The molecule has 7 heteroatoms. The van der Waals surface area contributed by atoms with Crippen LogP contribution >= 0.6 is 11.6 Å². The van der Waals surface area contributed by atoms with Crippen molar-refractivity contribution in [3.05, 3.63) is 29.8 Å². The van der Waals surface area contributed by atoms with Crippen molar-refractivity contribution < 1.29 is 13.5 Å². The number of nitrogens with one attached hydrogen (secondary N) is 1. The number of hydrogen-bond acceptors (Lipinski definition) is 4. The van der Waals surface area contributed by atoms with Gasteiger partial charge in [-0.25, -0.2) is 13.1 Å². The van der Waals surface area contributed by atoms with Gasteiger partial charge >= 0.3 is 0 Å². The van der Waals surface area contributed by atoms with Crippen LogP contribution in [0.25, 0.3) is 0 Å². The Kier molecular flexibility index (Phi) is 7.62. The van der Waals surface area contributed by atoms with Crippen LogP contribution in [0.2, 0.25) is 0 Å². The van der Waals surface area contributed by atoms with Crippen molar-refractivity contribution in [2.75, 3.05) is 12.4 Å². The van der Waals surface area contributed by atoms with Crippen molar-refractivity contribution in [3.8, 4) is 0 Å². The molecule has 0 heterocycles. The van der Waals surface area contributed by atoms with Gasteiger partial charge in [-0.3, -0.25) is 0 Å². The van der Waals surface area contributed by atoms with E-state index in [0.717, 1.165) is 18.4 Å². The lowest BCUT2D eigenvalue weighted by atomic mass is 10.1. The topological polar surface area (TPSA) is 92.4 Å². The smallest absolute Gasteiger partial charge is 0.240 e. The minimum Gasteiger partial charge on any atom is -0.390 e. The molecule has 1 aromatic carbocycles. The van der Waals surface area contributed by atoms with Crippen LogP contribution in [0.1, 0.15) is 24.8 Å². The molecule has 0 saturated carbocycles. The summed E-state index contributed by atoms with van der Waals surface area (Å²) in [6, 6.07) is 5.94. The molecule has 0 saturated heterocycles. The molecule has 0 amide bonds. The highest BCUT2D eigenvalue weighted by molar-refractivity contribution is 7.89. The summed E-state index contributed by atoms with van der Waals surface area (Å²) in [6.45, 7) is 2.42. The molecule has 0 aliphatic rings. The number of alkyl halides is 1. The first-order valence-electron chi connectivity index (χ1n) is 6.94. The first-order chi connectivity index (χ1) is 9.90. The summed E-state index contributed by atoms with van der Waals surface area (Å²) in [7, 11) is -3.67. The van der Waals surface area contributed by atoms with Crippen LogP contribution in [0, 0.1) is 6.92 Å². The van der Waals surface area contributed by atoms with Gasteiger partial charge in [0.25, 0.3) is 0 Å². The van der Waals surface area contributed by atoms with Gasteiger partial charge in [0, 0.05) is 11.9 Å². The number of hydrogen-bond donors (Lipinski definition) is 3. The van der Waals surface area contributed by atoms with Crippen molar-refractivity contribution in [3.63, 3.8) is 0 Å². The second kappa shape index (κ2) is 8.70. The molecule has 0 radical (unpaired) electrons. The maximum atomic E-state index is 12.3. The number of unbranched alkanes of at least 4 members (excludes halogenated alkanes) is 1. The maximum absolute atomic E-state index is 12.3. The molecule has 1 aromatic rings. The summed E-state index contributed by atoms with van der Waals surface area (Å²) in [5, 5.41) is 9.88. The quantitative estimate of drug-likeness (QED) is 0.470. The Bertz CT molecular complexity index is 520. The van der Waals surface area contributed by atoms with Crippen LogP contribution in [0.5, 0.6) is 0 Å². The SMILES string of the molecule is Cc1ccc(S(=O)(=O)N[C@@H](CCCCN)[C@H](O)CCl)cc1. The maximum Gasteiger partial charge on any atom is 0.240 e. The van der Waals surface area contributed by atoms with E-state index < -0.39 is 22.2 Å². The number of sulfonamides is 1. The first kappa shape index (κ1) is 18.4. The summed E-state index contributed by atoms with van der Waals surface area (Å²) in [5.41, 5.74) is 6.41. The molecule has 0 aromatic heterocycles. The van der Waals surface area contributed by atoms with E-state index in [0.29, 0.717) is 13.0 Å². The summed E-state index contributed by atoms with van der Waals surface area (Å²) < 4.78 is 27.2. The molecule has 0 aliphatic carbocycles. The fourth-order valence-corrected chi connectivity index (χ4v) is 3.45. The molecule has 1 rings (SSSR count). The molecule has 0 spiro atoms. The van der Waals surface area contributed by atoms with Crippen LogP contribution < -0.4 is 10.5 Å². The van der Waals surface area contributed by atoms with Crippen LogP contribution in [-0.4, -0.2) is 38.1 Å². The van der Waals surface area contributed by atoms with Gasteiger partial charge in [0.05, 0.1) is 11.0 Å². The molecule has 0 aliphatic heterocycles. The predicted molar refractivity (Wildman–Crippen MR) is 84.9 cm³/mol. The van der Waals surface area contributed by atoms with Crippen molar-refractivity contribution in [1.29, 1.82) is 0 Å². The fraction of sp³-hybridized carbons (Fsp3) is 0.571. The number of benzene rings is 1. The lowest BCUT2D eigenvalue weighted by Crippen LogP contribution is -2.44. The third-order valence-corrected chi connectivity index (χ3v) is 5.05. The van der Waals surface area contributed by atoms with E-state index >= 15 is 0 Å². The van der Waals surface area contributed by atoms with E-state index in [9.17, 15) is 13.5 Å². The predicted octanol–water partition coefficient (Wildman–Crippen LogP) is 1.37. The third kappa shape index (κ3) is 5.92. The molecule has 21 heavy (non-hydrogen) atoms. The van der Waals surface area contributed by atoms with Gasteiger partial charge in [-0.15, -0.1) is 11.6 Å². The monoisotopic (exact) mass is 334 g/mol. The van der Waals surface area contributed by atoms with E-state index in [4.69, 9.17) is 17.3 Å². The van der Waals surface area contributed by atoms with Crippen LogP contribution in [-0.2, 0) is 10.0 Å². The summed E-state index contributed by atoms with van der Waals surface area (Å²) in [4.78, 5) is 0.179.